The Morgan fingerprint density at radius 2 is 1.82 bits per heavy atom. The monoisotopic (exact) mass is 147 g/mol. The van der Waals surface area contributed by atoms with Gasteiger partial charge in [0.1, 0.15) is 0 Å². The van der Waals surface area contributed by atoms with Gasteiger partial charge in [-0.05, 0) is 12.3 Å². The van der Waals surface area contributed by atoms with Crippen LogP contribution in [0.5, 0.6) is 0 Å². The van der Waals surface area contributed by atoms with Crippen LogP contribution in [0.4, 0.5) is 0 Å². The summed E-state index contributed by atoms with van der Waals surface area (Å²) in [6, 6.07) is 0.271. The lowest BCUT2D eigenvalue weighted by atomic mass is 9.80. The lowest BCUT2D eigenvalue weighted by Crippen LogP contribution is -2.28. The topological polar surface area (TPSA) is 26.0 Å². The van der Waals surface area contributed by atoms with Gasteiger partial charge in [-0.1, -0.05) is 36.5 Å². The smallest absolute Gasteiger partial charge is 0.0229 e. The highest BCUT2D eigenvalue weighted by atomic mass is 14.6. The molecule has 3 atom stereocenters. The van der Waals surface area contributed by atoms with Gasteiger partial charge >= 0.3 is 0 Å². The van der Waals surface area contributed by atoms with Crippen molar-refractivity contribution >= 4 is 0 Å². The number of rotatable bonds is 0. The van der Waals surface area contributed by atoms with Crippen LogP contribution >= 0.6 is 0 Å². The first kappa shape index (κ1) is 6.86. The average Bonchev–Trinajstić information content (AvgIpc) is 2.04. The van der Waals surface area contributed by atoms with E-state index >= 15 is 0 Å². The number of allylic oxidation sites excluding steroid dienone is 5. The molecule has 0 bridgehead atoms. The number of hydrogen-bond donors (Lipinski definition) is 1. The summed E-state index contributed by atoms with van der Waals surface area (Å²) < 4.78 is 0. The molecule has 0 aromatic rings. The third-order valence-electron chi connectivity index (χ3n) is 2.42. The summed E-state index contributed by atoms with van der Waals surface area (Å²) in [5, 5.41) is 0. The number of hydrogen-bond acceptors (Lipinski definition) is 1. The normalized spacial score (nSPS) is 40.6. The molecule has 58 valence electrons. The molecule has 0 aromatic carbocycles. The molecule has 2 aliphatic carbocycles. The Morgan fingerprint density at radius 1 is 1.00 bits per heavy atom. The molecule has 0 saturated heterocycles. The number of nitrogens with two attached hydrogens (primary N) is 1. The largest absolute Gasteiger partial charge is 0.324 e. The van der Waals surface area contributed by atoms with Gasteiger partial charge in [-0.2, -0.15) is 0 Å². The minimum Gasteiger partial charge on any atom is -0.324 e. The van der Waals surface area contributed by atoms with Crippen molar-refractivity contribution in [2.45, 2.75) is 12.5 Å². The molecule has 2 aliphatic rings. The first-order chi connectivity index (χ1) is 5.36. The Labute approximate surface area is 67.3 Å². The van der Waals surface area contributed by atoms with Crippen LogP contribution in [-0.4, -0.2) is 6.04 Å². The molecule has 0 spiro atoms. The van der Waals surface area contributed by atoms with Crippen molar-refractivity contribution in [3.8, 4) is 0 Å². The van der Waals surface area contributed by atoms with Crippen molar-refractivity contribution < 1.29 is 0 Å². The van der Waals surface area contributed by atoms with Crippen LogP contribution < -0.4 is 5.73 Å². The Kier molecular flexibility index (Phi) is 1.66. The summed E-state index contributed by atoms with van der Waals surface area (Å²) >= 11 is 0. The summed E-state index contributed by atoms with van der Waals surface area (Å²) in [6.07, 6.45) is 14.2. The highest BCUT2D eigenvalue weighted by molar-refractivity contribution is 5.22. The van der Waals surface area contributed by atoms with Crippen molar-refractivity contribution in [2.75, 3.05) is 0 Å². The first-order valence-electron chi connectivity index (χ1n) is 4.15. The van der Waals surface area contributed by atoms with E-state index in [1.54, 1.807) is 0 Å². The van der Waals surface area contributed by atoms with Gasteiger partial charge < -0.3 is 5.73 Å². The molecule has 0 heterocycles. The zero-order valence-electron chi connectivity index (χ0n) is 6.48. The fraction of sp³-hybridized carbons (Fsp3) is 0.400. The third kappa shape index (κ3) is 1.29. The van der Waals surface area contributed by atoms with Crippen LogP contribution in [0.15, 0.2) is 36.5 Å². The second-order valence-corrected chi connectivity index (χ2v) is 3.30. The molecule has 11 heavy (non-hydrogen) atoms. The molecule has 2 rings (SSSR count). The van der Waals surface area contributed by atoms with E-state index in [1.165, 1.54) is 0 Å². The SMILES string of the molecule is NC1C=CC2C=CC=CC2C1. The molecule has 0 aromatic heterocycles. The molecule has 0 aliphatic heterocycles. The van der Waals surface area contributed by atoms with E-state index in [0.29, 0.717) is 11.8 Å². The molecule has 3 unspecified atom stereocenters. The maximum Gasteiger partial charge on any atom is 0.0229 e. The van der Waals surface area contributed by atoms with Crippen LogP contribution in [0, 0.1) is 11.8 Å². The molecule has 0 saturated carbocycles. The van der Waals surface area contributed by atoms with Crippen molar-refractivity contribution in [3.63, 3.8) is 0 Å². The Hall–Kier alpha value is -0.820. The summed E-state index contributed by atoms with van der Waals surface area (Å²) in [7, 11) is 0. The summed E-state index contributed by atoms with van der Waals surface area (Å²) in [6.45, 7) is 0. The molecule has 0 radical (unpaired) electrons. The summed E-state index contributed by atoms with van der Waals surface area (Å²) in [4.78, 5) is 0. The van der Waals surface area contributed by atoms with E-state index in [-0.39, 0.29) is 6.04 Å². The van der Waals surface area contributed by atoms with Crippen LogP contribution in [0.3, 0.4) is 0 Å². The van der Waals surface area contributed by atoms with Gasteiger partial charge in [0.2, 0.25) is 0 Å². The second-order valence-electron chi connectivity index (χ2n) is 3.30. The minimum atomic E-state index is 0.271. The molecule has 0 fully saturated rings. The van der Waals surface area contributed by atoms with Crippen LogP contribution in [0.25, 0.3) is 0 Å². The average molecular weight is 147 g/mol. The van der Waals surface area contributed by atoms with Crippen molar-refractivity contribution in [1.29, 1.82) is 0 Å². The number of fused-ring (bicyclic) bond motifs is 1. The standard InChI is InChI=1S/C10H13N/c11-10-6-5-8-3-1-2-4-9(8)7-10/h1-6,8-10H,7,11H2. The van der Waals surface area contributed by atoms with E-state index < -0.39 is 0 Å². The van der Waals surface area contributed by atoms with E-state index in [4.69, 9.17) is 5.73 Å². The molecule has 1 heteroatoms. The quantitative estimate of drug-likeness (QED) is 0.518. The van der Waals surface area contributed by atoms with E-state index in [9.17, 15) is 0 Å². The molecule has 0 amide bonds. The van der Waals surface area contributed by atoms with Gasteiger partial charge in [0.05, 0.1) is 0 Å². The fourth-order valence-corrected chi connectivity index (χ4v) is 1.78. The lowest BCUT2D eigenvalue weighted by molar-refractivity contribution is 0.459. The Balaban J connectivity index is 2.20. The third-order valence-corrected chi connectivity index (χ3v) is 2.42. The highest BCUT2D eigenvalue weighted by Gasteiger charge is 2.21. The zero-order chi connectivity index (χ0) is 7.68. The summed E-state index contributed by atoms with van der Waals surface area (Å²) in [5.74, 6) is 1.26. The highest BCUT2D eigenvalue weighted by Crippen LogP contribution is 2.28. The van der Waals surface area contributed by atoms with Gasteiger partial charge in [0.25, 0.3) is 0 Å². The molecule has 1 nitrogen and oxygen atoms in total. The van der Waals surface area contributed by atoms with Crippen LogP contribution in [-0.2, 0) is 0 Å². The van der Waals surface area contributed by atoms with E-state index in [0.717, 1.165) is 6.42 Å². The second kappa shape index (κ2) is 2.67. The van der Waals surface area contributed by atoms with Gasteiger partial charge in [0, 0.05) is 12.0 Å². The van der Waals surface area contributed by atoms with Crippen molar-refractivity contribution in [1.82, 2.24) is 0 Å². The van der Waals surface area contributed by atoms with Crippen LogP contribution in [0.1, 0.15) is 6.42 Å². The van der Waals surface area contributed by atoms with E-state index in [1.807, 2.05) is 0 Å². The van der Waals surface area contributed by atoms with E-state index in [2.05, 4.69) is 36.5 Å². The molecular weight excluding hydrogens is 134 g/mol. The fourth-order valence-electron chi connectivity index (χ4n) is 1.78. The molecular formula is C10H13N. The predicted molar refractivity (Wildman–Crippen MR) is 47.0 cm³/mol. The minimum absolute atomic E-state index is 0.271. The van der Waals surface area contributed by atoms with Gasteiger partial charge in [-0.3, -0.25) is 0 Å². The first-order valence-corrected chi connectivity index (χ1v) is 4.15. The van der Waals surface area contributed by atoms with Crippen LogP contribution in [0.2, 0.25) is 0 Å². The Morgan fingerprint density at radius 3 is 2.73 bits per heavy atom. The Bertz CT molecular complexity index is 225. The van der Waals surface area contributed by atoms with Crippen molar-refractivity contribution in [2.24, 2.45) is 17.6 Å². The zero-order valence-corrected chi connectivity index (χ0v) is 6.48. The van der Waals surface area contributed by atoms with Gasteiger partial charge in [0.15, 0.2) is 0 Å². The lowest BCUT2D eigenvalue weighted by Gasteiger charge is -2.27. The van der Waals surface area contributed by atoms with Crippen molar-refractivity contribution in [3.05, 3.63) is 36.5 Å². The maximum atomic E-state index is 5.80. The summed E-state index contributed by atoms with van der Waals surface area (Å²) in [5.41, 5.74) is 5.80. The molecule has 2 N–H and O–H groups in total. The predicted octanol–water partition coefficient (Wildman–Crippen LogP) is 1.63. The van der Waals surface area contributed by atoms with Gasteiger partial charge in [-0.15, -0.1) is 0 Å². The maximum absolute atomic E-state index is 5.80. The van der Waals surface area contributed by atoms with Gasteiger partial charge in [-0.25, -0.2) is 0 Å².